The second kappa shape index (κ2) is 7.75. The second-order valence-electron chi connectivity index (χ2n) is 8.07. The molecule has 1 fully saturated rings. The molecule has 0 radical (unpaired) electrons. The maximum absolute atomic E-state index is 13.2. The van der Waals surface area contributed by atoms with E-state index in [2.05, 4.69) is 15.2 Å². The maximum Gasteiger partial charge on any atom is 0.264 e. The van der Waals surface area contributed by atoms with Crippen LogP contribution in [0.25, 0.3) is 43.8 Å². The molecule has 5 aromatic rings. The van der Waals surface area contributed by atoms with Crippen molar-refractivity contribution in [2.24, 2.45) is 14.1 Å². The summed E-state index contributed by atoms with van der Waals surface area (Å²) in [4.78, 5) is 25.9. The van der Waals surface area contributed by atoms with Gasteiger partial charge in [-0.3, -0.25) is 14.2 Å². The molecule has 0 unspecified atom stereocenters. The van der Waals surface area contributed by atoms with Gasteiger partial charge in [-0.1, -0.05) is 0 Å². The van der Waals surface area contributed by atoms with E-state index in [1.807, 2.05) is 54.1 Å². The highest BCUT2D eigenvalue weighted by Crippen LogP contribution is 2.36. The minimum atomic E-state index is 0.0252. The number of ether oxygens (including phenoxy) is 1. The molecule has 0 saturated carbocycles. The van der Waals surface area contributed by atoms with Crippen molar-refractivity contribution in [2.75, 3.05) is 26.3 Å². The Morgan fingerprint density at radius 1 is 1.15 bits per heavy atom. The Balaban J connectivity index is 1.51. The zero-order valence-corrected chi connectivity index (χ0v) is 19.0. The van der Waals surface area contributed by atoms with E-state index in [0.29, 0.717) is 36.8 Å². The molecular formula is C23H21N7O2S. The number of morpholine rings is 1. The molecule has 9 nitrogen and oxygen atoms in total. The van der Waals surface area contributed by atoms with Gasteiger partial charge in [-0.25, -0.2) is 9.97 Å². The fraction of sp³-hybridized carbons (Fsp3) is 0.261. The average Bonchev–Trinajstić information content (AvgIpc) is 3.55. The van der Waals surface area contributed by atoms with Gasteiger partial charge in [-0.2, -0.15) is 10.2 Å². The summed E-state index contributed by atoms with van der Waals surface area (Å²) >= 11 is 1.42. The van der Waals surface area contributed by atoms with E-state index in [9.17, 15) is 4.79 Å². The lowest BCUT2D eigenvalue weighted by Crippen LogP contribution is -2.40. The third-order valence-electron chi connectivity index (χ3n) is 5.88. The van der Waals surface area contributed by atoms with E-state index in [1.54, 1.807) is 17.1 Å². The van der Waals surface area contributed by atoms with E-state index in [-0.39, 0.29) is 5.91 Å². The predicted molar refractivity (Wildman–Crippen MR) is 126 cm³/mol. The van der Waals surface area contributed by atoms with Crippen molar-refractivity contribution in [3.05, 3.63) is 47.7 Å². The zero-order chi connectivity index (χ0) is 22.5. The minimum Gasteiger partial charge on any atom is -0.378 e. The SMILES string of the molecule is Cn1cc2cc(-c3cc(-c4ccnn4C)c4cc(C(=O)N5CCOCC5)sc4n3)cnc2n1. The summed E-state index contributed by atoms with van der Waals surface area (Å²) in [6.45, 7) is 2.36. The Morgan fingerprint density at radius 3 is 2.79 bits per heavy atom. The third-order valence-corrected chi connectivity index (χ3v) is 6.90. The lowest BCUT2D eigenvalue weighted by atomic mass is 10.0. The molecule has 0 aliphatic carbocycles. The Labute approximate surface area is 193 Å². The quantitative estimate of drug-likeness (QED) is 0.412. The number of rotatable bonds is 3. The monoisotopic (exact) mass is 459 g/mol. The highest BCUT2D eigenvalue weighted by Gasteiger charge is 2.23. The Morgan fingerprint density at radius 2 is 2.00 bits per heavy atom. The Bertz CT molecular complexity index is 1510. The number of fused-ring (bicyclic) bond motifs is 2. The first kappa shape index (κ1) is 20.0. The van der Waals surface area contributed by atoms with Crippen LogP contribution < -0.4 is 0 Å². The predicted octanol–water partition coefficient (Wildman–Crippen LogP) is 3.12. The fourth-order valence-corrected chi connectivity index (χ4v) is 5.24. The lowest BCUT2D eigenvalue weighted by Gasteiger charge is -2.26. The van der Waals surface area contributed by atoms with Crippen molar-refractivity contribution in [1.29, 1.82) is 0 Å². The highest BCUT2D eigenvalue weighted by atomic mass is 32.1. The summed E-state index contributed by atoms with van der Waals surface area (Å²) in [5.41, 5.74) is 4.34. The van der Waals surface area contributed by atoms with Gasteiger partial charge < -0.3 is 9.64 Å². The van der Waals surface area contributed by atoms with Gasteiger partial charge in [0.15, 0.2) is 5.65 Å². The maximum atomic E-state index is 13.2. The molecule has 1 aliphatic rings. The van der Waals surface area contributed by atoms with Crippen LogP contribution in [0.15, 0.2) is 42.9 Å². The normalized spacial score (nSPS) is 14.4. The van der Waals surface area contributed by atoms with Crippen LogP contribution in [0.1, 0.15) is 9.67 Å². The standard InChI is InChI=1S/C23H21N7O2S/c1-28-13-15-9-14(12-24-21(15)27-28)18-10-16(19-3-4-25-29(19)2)17-11-20(33-22(17)26-18)23(31)30-5-7-32-8-6-30/h3-4,9-13H,5-8H2,1-2H3. The topological polar surface area (TPSA) is 91.0 Å². The molecule has 0 bridgehead atoms. The molecule has 1 aliphatic heterocycles. The summed E-state index contributed by atoms with van der Waals surface area (Å²) in [7, 11) is 3.79. The van der Waals surface area contributed by atoms with Gasteiger partial charge >= 0.3 is 0 Å². The number of carbonyl (C=O) groups is 1. The van der Waals surface area contributed by atoms with Gasteiger partial charge in [0.1, 0.15) is 4.83 Å². The number of carbonyl (C=O) groups excluding carboxylic acids is 1. The van der Waals surface area contributed by atoms with Crippen LogP contribution in [-0.4, -0.2) is 66.6 Å². The van der Waals surface area contributed by atoms with Gasteiger partial charge in [0.05, 0.1) is 29.5 Å². The number of aromatic nitrogens is 6. The molecule has 0 N–H and O–H groups in total. The van der Waals surface area contributed by atoms with Crippen LogP contribution >= 0.6 is 11.3 Å². The van der Waals surface area contributed by atoms with E-state index in [4.69, 9.17) is 9.72 Å². The molecule has 166 valence electrons. The molecule has 6 heterocycles. The fourth-order valence-electron chi connectivity index (χ4n) is 4.21. The van der Waals surface area contributed by atoms with Crippen LogP contribution in [0.4, 0.5) is 0 Å². The molecule has 5 aromatic heterocycles. The molecule has 6 rings (SSSR count). The van der Waals surface area contributed by atoms with Crippen molar-refractivity contribution in [3.8, 4) is 22.5 Å². The van der Waals surface area contributed by atoms with Crippen molar-refractivity contribution in [3.63, 3.8) is 0 Å². The van der Waals surface area contributed by atoms with Crippen molar-refractivity contribution >= 4 is 38.5 Å². The molecular weight excluding hydrogens is 438 g/mol. The highest BCUT2D eigenvalue weighted by molar-refractivity contribution is 7.20. The van der Waals surface area contributed by atoms with Crippen molar-refractivity contribution < 1.29 is 9.53 Å². The van der Waals surface area contributed by atoms with E-state index in [1.165, 1.54) is 11.3 Å². The average molecular weight is 460 g/mol. The summed E-state index contributed by atoms with van der Waals surface area (Å²) in [5.74, 6) is 0.0252. The first-order valence-corrected chi connectivity index (χ1v) is 11.5. The van der Waals surface area contributed by atoms with E-state index in [0.717, 1.165) is 38.1 Å². The van der Waals surface area contributed by atoms with Gasteiger partial charge in [0, 0.05) is 67.7 Å². The van der Waals surface area contributed by atoms with Gasteiger partial charge in [-0.05, 0) is 24.3 Å². The molecule has 0 atom stereocenters. The lowest BCUT2D eigenvalue weighted by molar-refractivity contribution is 0.0306. The number of hydrogen-bond acceptors (Lipinski definition) is 7. The summed E-state index contributed by atoms with van der Waals surface area (Å²) in [6.07, 6.45) is 5.51. The Hall–Kier alpha value is -3.63. The molecule has 1 amide bonds. The number of nitrogens with zero attached hydrogens (tertiary/aromatic N) is 7. The van der Waals surface area contributed by atoms with Gasteiger partial charge in [0.25, 0.3) is 5.91 Å². The number of hydrogen-bond donors (Lipinski definition) is 0. The summed E-state index contributed by atoms with van der Waals surface area (Å²) < 4.78 is 8.99. The van der Waals surface area contributed by atoms with Crippen LogP contribution in [0.2, 0.25) is 0 Å². The van der Waals surface area contributed by atoms with Gasteiger partial charge in [0.2, 0.25) is 0 Å². The molecule has 0 spiro atoms. The largest absolute Gasteiger partial charge is 0.378 e. The first-order chi connectivity index (χ1) is 16.1. The van der Waals surface area contributed by atoms with Crippen LogP contribution in [0.5, 0.6) is 0 Å². The number of aryl methyl sites for hydroxylation is 2. The van der Waals surface area contributed by atoms with Gasteiger partial charge in [-0.15, -0.1) is 11.3 Å². The third kappa shape index (κ3) is 3.47. The van der Waals surface area contributed by atoms with E-state index < -0.39 is 0 Å². The molecule has 1 saturated heterocycles. The second-order valence-corrected chi connectivity index (χ2v) is 9.10. The molecule has 10 heteroatoms. The van der Waals surface area contributed by atoms with Crippen LogP contribution in [0.3, 0.4) is 0 Å². The summed E-state index contributed by atoms with van der Waals surface area (Å²) in [5, 5.41) is 10.6. The number of pyridine rings is 2. The molecule has 33 heavy (non-hydrogen) atoms. The summed E-state index contributed by atoms with van der Waals surface area (Å²) in [6, 6.07) is 8.03. The smallest absolute Gasteiger partial charge is 0.264 e. The van der Waals surface area contributed by atoms with Crippen LogP contribution in [0, 0.1) is 0 Å². The van der Waals surface area contributed by atoms with E-state index >= 15 is 0 Å². The number of thiophene rings is 1. The minimum absolute atomic E-state index is 0.0252. The molecule has 0 aromatic carbocycles. The first-order valence-electron chi connectivity index (χ1n) is 10.7. The number of amides is 1. The van der Waals surface area contributed by atoms with Crippen molar-refractivity contribution in [1.82, 2.24) is 34.4 Å². The zero-order valence-electron chi connectivity index (χ0n) is 18.2. The van der Waals surface area contributed by atoms with Crippen LogP contribution in [-0.2, 0) is 18.8 Å². The van der Waals surface area contributed by atoms with Crippen molar-refractivity contribution in [2.45, 2.75) is 0 Å². The Kier molecular flexibility index (Phi) is 4.70.